The second-order valence-electron chi connectivity index (χ2n) is 6.28. The Kier molecular flexibility index (Phi) is 8.89. The highest BCUT2D eigenvalue weighted by molar-refractivity contribution is 7.52. The third-order valence-electron chi connectivity index (χ3n) is 4.41. The molecule has 2 rings (SSSR count). The van der Waals surface area contributed by atoms with Crippen LogP contribution in [0.5, 0.6) is 0 Å². The quantitative estimate of drug-likeness (QED) is 0.426. The van der Waals surface area contributed by atoms with E-state index in [2.05, 4.69) is 5.32 Å². The molecule has 0 aromatic heterocycles. The molecular weight excluding hydrogens is 452 g/mol. The number of carbonyl (C=O) groups is 2. The molecule has 1 atom stereocenters. The first-order valence-corrected chi connectivity index (χ1v) is 11.3. The molecule has 2 aromatic carbocycles. The summed E-state index contributed by atoms with van der Waals surface area (Å²) in [7, 11) is 0.633. The first-order valence-electron chi connectivity index (χ1n) is 8.84. The van der Waals surface area contributed by atoms with Gasteiger partial charge in [-0.3, -0.25) is 9.36 Å². The maximum Gasteiger partial charge on any atom is 0.334 e. The molecule has 0 fully saturated rings. The van der Waals surface area contributed by atoms with Gasteiger partial charge >= 0.3 is 13.6 Å². The Bertz CT molecular complexity index is 923. The van der Waals surface area contributed by atoms with Crippen LogP contribution in [0, 0.1) is 0 Å². The SMILES string of the molecule is COC(=O)[C@H](Cc1c(Cl)cccc1Cl)NC(=O)c1ccc(CP(=O)(OC)OC)cc1. The Labute approximate surface area is 185 Å². The van der Waals surface area contributed by atoms with Crippen molar-refractivity contribution in [3.63, 3.8) is 0 Å². The zero-order valence-electron chi connectivity index (χ0n) is 16.7. The Hall–Kier alpha value is -1.89. The number of hydrogen-bond donors (Lipinski definition) is 1. The van der Waals surface area contributed by atoms with Gasteiger partial charge < -0.3 is 19.1 Å². The van der Waals surface area contributed by atoms with Crippen LogP contribution in [0.25, 0.3) is 0 Å². The fourth-order valence-corrected chi connectivity index (χ4v) is 4.31. The molecule has 0 unspecified atom stereocenters. The number of esters is 1. The molecule has 162 valence electrons. The number of nitrogens with one attached hydrogen (secondary N) is 1. The predicted octanol–water partition coefficient (Wildman–Crippen LogP) is 4.49. The van der Waals surface area contributed by atoms with Crippen LogP contribution in [0.1, 0.15) is 21.5 Å². The number of carbonyl (C=O) groups excluding carboxylic acids is 2. The minimum absolute atomic E-state index is 0.0672. The minimum atomic E-state index is -3.22. The van der Waals surface area contributed by atoms with Crippen molar-refractivity contribution >= 4 is 42.7 Å². The van der Waals surface area contributed by atoms with Gasteiger partial charge in [-0.05, 0) is 35.4 Å². The Morgan fingerprint density at radius 2 is 1.57 bits per heavy atom. The van der Waals surface area contributed by atoms with Crippen molar-refractivity contribution in [2.24, 2.45) is 0 Å². The summed E-state index contributed by atoms with van der Waals surface area (Å²) in [5, 5.41) is 3.41. The lowest BCUT2D eigenvalue weighted by molar-refractivity contribution is -0.142. The van der Waals surface area contributed by atoms with Crippen molar-refractivity contribution in [2.75, 3.05) is 21.3 Å². The number of rotatable bonds is 9. The van der Waals surface area contributed by atoms with Crippen molar-refractivity contribution in [1.29, 1.82) is 0 Å². The highest BCUT2D eigenvalue weighted by atomic mass is 35.5. The van der Waals surface area contributed by atoms with Crippen molar-refractivity contribution in [1.82, 2.24) is 5.32 Å². The van der Waals surface area contributed by atoms with Crippen molar-refractivity contribution in [2.45, 2.75) is 18.6 Å². The molecule has 0 saturated heterocycles. The first kappa shape index (κ1) is 24.4. The third kappa shape index (κ3) is 6.30. The highest BCUT2D eigenvalue weighted by Gasteiger charge is 2.25. The van der Waals surface area contributed by atoms with Crippen LogP contribution in [-0.2, 0) is 35.7 Å². The van der Waals surface area contributed by atoms with E-state index in [1.54, 1.807) is 42.5 Å². The van der Waals surface area contributed by atoms with Gasteiger partial charge in [0, 0.05) is 36.2 Å². The molecule has 0 radical (unpaired) electrons. The molecule has 30 heavy (non-hydrogen) atoms. The number of methoxy groups -OCH3 is 1. The van der Waals surface area contributed by atoms with E-state index in [0.29, 0.717) is 26.7 Å². The zero-order valence-corrected chi connectivity index (χ0v) is 19.1. The van der Waals surface area contributed by atoms with Crippen LogP contribution in [0.4, 0.5) is 0 Å². The molecule has 0 aliphatic carbocycles. The average Bonchev–Trinajstić information content (AvgIpc) is 2.75. The Balaban J connectivity index is 2.16. The van der Waals surface area contributed by atoms with E-state index in [0.717, 1.165) is 0 Å². The van der Waals surface area contributed by atoms with Gasteiger partial charge in [-0.15, -0.1) is 0 Å². The smallest absolute Gasteiger partial charge is 0.334 e. The molecule has 0 spiro atoms. The fourth-order valence-electron chi connectivity index (χ4n) is 2.70. The summed E-state index contributed by atoms with van der Waals surface area (Å²) in [6, 6.07) is 10.4. The second-order valence-corrected chi connectivity index (χ2v) is 9.37. The Morgan fingerprint density at radius 3 is 2.07 bits per heavy atom. The molecule has 0 heterocycles. The van der Waals surface area contributed by atoms with Gasteiger partial charge in [-0.2, -0.15) is 0 Å². The van der Waals surface area contributed by atoms with E-state index in [1.165, 1.54) is 21.3 Å². The van der Waals surface area contributed by atoms with Crippen LogP contribution in [0.2, 0.25) is 10.0 Å². The van der Waals surface area contributed by atoms with Crippen LogP contribution in [0.3, 0.4) is 0 Å². The summed E-state index contributed by atoms with van der Waals surface area (Å²) in [6.07, 6.45) is 0.136. The largest absolute Gasteiger partial charge is 0.467 e. The predicted molar refractivity (Wildman–Crippen MR) is 115 cm³/mol. The Morgan fingerprint density at radius 1 is 1.00 bits per heavy atom. The zero-order chi connectivity index (χ0) is 22.3. The number of amides is 1. The van der Waals surface area contributed by atoms with Crippen LogP contribution < -0.4 is 5.32 Å². The lowest BCUT2D eigenvalue weighted by Gasteiger charge is -2.18. The van der Waals surface area contributed by atoms with E-state index < -0.39 is 25.5 Å². The molecule has 1 amide bonds. The molecule has 10 heteroatoms. The van der Waals surface area contributed by atoms with E-state index in [9.17, 15) is 14.2 Å². The lowest BCUT2D eigenvalue weighted by Crippen LogP contribution is -2.43. The third-order valence-corrected chi connectivity index (χ3v) is 6.98. The van der Waals surface area contributed by atoms with Crippen LogP contribution >= 0.6 is 30.8 Å². The molecule has 0 aliphatic rings. The fraction of sp³-hybridized carbons (Fsp3) is 0.300. The van der Waals surface area contributed by atoms with E-state index in [4.69, 9.17) is 37.0 Å². The lowest BCUT2D eigenvalue weighted by atomic mass is 10.0. The van der Waals surface area contributed by atoms with Gasteiger partial charge in [0.15, 0.2) is 0 Å². The first-order chi connectivity index (χ1) is 14.2. The van der Waals surface area contributed by atoms with Gasteiger partial charge in [0.05, 0.1) is 13.3 Å². The molecule has 0 saturated carbocycles. The van der Waals surface area contributed by atoms with Gasteiger partial charge in [0.25, 0.3) is 5.91 Å². The van der Waals surface area contributed by atoms with Crippen molar-refractivity contribution < 1.29 is 27.9 Å². The van der Waals surface area contributed by atoms with Crippen LogP contribution in [-0.4, -0.2) is 39.2 Å². The maximum absolute atomic E-state index is 12.7. The summed E-state index contributed by atoms with van der Waals surface area (Å²) in [5.74, 6) is -1.11. The van der Waals surface area contributed by atoms with Crippen molar-refractivity contribution in [3.05, 3.63) is 69.2 Å². The average molecular weight is 474 g/mol. The van der Waals surface area contributed by atoms with Gasteiger partial charge in [0.1, 0.15) is 6.04 Å². The molecule has 7 nitrogen and oxygen atoms in total. The summed E-state index contributed by atoms with van der Waals surface area (Å²) in [6.45, 7) is 0. The van der Waals surface area contributed by atoms with E-state index >= 15 is 0 Å². The normalized spacial score (nSPS) is 12.3. The van der Waals surface area contributed by atoms with Crippen molar-refractivity contribution in [3.8, 4) is 0 Å². The summed E-state index contributed by atoms with van der Waals surface area (Å²) in [4.78, 5) is 24.9. The molecular formula is C20H22Cl2NO6P. The maximum atomic E-state index is 12.7. The monoisotopic (exact) mass is 473 g/mol. The van der Waals surface area contributed by atoms with Gasteiger partial charge in [-0.25, -0.2) is 4.79 Å². The molecule has 1 N–H and O–H groups in total. The van der Waals surface area contributed by atoms with E-state index in [1.807, 2.05) is 0 Å². The number of ether oxygens (including phenoxy) is 1. The second kappa shape index (κ2) is 10.9. The van der Waals surface area contributed by atoms with Gasteiger partial charge in [0.2, 0.25) is 0 Å². The standard InChI is InChI=1S/C20H22Cl2NO6P/c1-27-20(25)18(11-15-16(21)5-4-6-17(15)22)23-19(24)14-9-7-13(8-10-14)12-30(26,28-2)29-3/h4-10,18H,11-12H2,1-3H3,(H,23,24)/t18-/m0/s1. The van der Waals surface area contributed by atoms with E-state index in [-0.39, 0.29) is 12.6 Å². The molecule has 0 bridgehead atoms. The summed E-state index contributed by atoms with van der Waals surface area (Å²) >= 11 is 12.4. The molecule has 0 aliphatic heterocycles. The number of benzene rings is 2. The van der Waals surface area contributed by atoms with Crippen LogP contribution in [0.15, 0.2) is 42.5 Å². The minimum Gasteiger partial charge on any atom is -0.467 e. The highest BCUT2D eigenvalue weighted by Crippen LogP contribution is 2.49. The number of hydrogen-bond acceptors (Lipinski definition) is 6. The molecule has 2 aromatic rings. The number of halogens is 2. The summed E-state index contributed by atoms with van der Waals surface area (Å²) < 4.78 is 26.9. The topological polar surface area (TPSA) is 90.9 Å². The summed E-state index contributed by atoms with van der Waals surface area (Å²) in [5.41, 5.74) is 1.51. The van der Waals surface area contributed by atoms with Gasteiger partial charge in [-0.1, -0.05) is 41.4 Å².